The van der Waals surface area contributed by atoms with Gasteiger partial charge in [-0.3, -0.25) is 9.59 Å². The van der Waals surface area contributed by atoms with E-state index in [0.717, 1.165) is 38.8 Å². The number of hydrogen-bond donors (Lipinski definition) is 0. The average Bonchev–Trinajstić information content (AvgIpc) is 2.68. The lowest BCUT2D eigenvalue weighted by molar-refractivity contribution is -0.158. The van der Waals surface area contributed by atoms with Crippen LogP contribution in [0.2, 0.25) is 0 Å². The van der Waals surface area contributed by atoms with E-state index in [2.05, 4.69) is 4.74 Å². The molecule has 0 aromatic rings. The molecular weight excluding hydrogens is 194 g/mol. The second kappa shape index (κ2) is 4.21. The lowest BCUT2D eigenvalue weighted by atomic mass is 9.73. The van der Waals surface area contributed by atoms with Crippen LogP contribution in [0.15, 0.2) is 0 Å². The van der Waals surface area contributed by atoms with E-state index in [9.17, 15) is 9.59 Å². The number of rotatable bonds is 2. The molecule has 2 fully saturated rings. The number of hydrogen-bond acceptors (Lipinski definition) is 3. The van der Waals surface area contributed by atoms with Crippen molar-refractivity contribution in [2.24, 2.45) is 11.8 Å². The number of carbonyl (C=O) groups excluding carboxylic acids is 2. The van der Waals surface area contributed by atoms with Gasteiger partial charge in [0.15, 0.2) is 0 Å². The van der Waals surface area contributed by atoms with E-state index in [1.54, 1.807) is 0 Å². The number of likely N-dealkylation sites (tertiary alicyclic amines) is 1. The van der Waals surface area contributed by atoms with Crippen molar-refractivity contribution in [3.63, 3.8) is 0 Å². The second-order valence-electron chi connectivity index (χ2n) is 4.35. The summed E-state index contributed by atoms with van der Waals surface area (Å²) in [5.74, 6) is -0.341. The fraction of sp³-hybridized carbons (Fsp3) is 0.818. The molecule has 2 rings (SSSR count). The number of nitrogens with zero attached hydrogens (tertiary/aromatic N) is 1. The zero-order chi connectivity index (χ0) is 10.8. The molecular formula is C11H17NO3. The Labute approximate surface area is 89.6 Å². The highest BCUT2D eigenvalue weighted by Gasteiger charge is 2.43. The van der Waals surface area contributed by atoms with E-state index in [1.165, 1.54) is 7.11 Å². The fourth-order valence-electron chi connectivity index (χ4n) is 2.40. The third-order valence-corrected chi connectivity index (χ3v) is 3.51. The van der Waals surface area contributed by atoms with Crippen LogP contribution in [0.1, 0.15) is 25.7 Å². The van der Waals surface area contributed by atoms with Gasteiger partial charge in [-0.15, -0.1) is 0 Å². The van der Waals surface area contributed by atoms with E-state index in [0.29, 0.717) is 0 Å². The Morgan fingerprint density at radius 3 is 2.20 bits per heavy atom. The summed E-state index contributed by atoms with van der Waals surface area (Å²) in [6, 6.07) is 0. The molecule has 0 N–H and O–H groups in total. The summed E-state index contributed by atoms with van der Waals surface area (Å²) in [6.45, 7) is 1.73. The van der Waals surface area contributed by atoms with Crippen LogP contribution in [0.3, 0.4) is 0 Å². The molecule has 0 bridgehead atoms. The summed E-state index contributed by atoms with van der Waals surface area (Å²) in [4.78, 5) is 25.2. The molecule has 0 spiro atoms. The second-order valence-corrected chi connectivity index (χ2v) is 4.35. The molecule has 1 aliphatic carbocycles. The van der Waals surface area contributed by atoms with Gasteiger partial charge in [0.05, 0.1) is 18.9 Å². The maximum atomic E-state index is 12.0. The monoisotopic (exact) mass is 211 g/mol. The minimum Gasteiger partial charge on any atom is -0.469 e. The topological polar surface area (TPSA) is 46.6 Å². The van der Waals surface area contributed by atoms with E-state index >= 15 is 0 Å². The first kappa shape index (κ1) is 10.5. The molecule has 0 unspecified atom stereocenters. The van der Waals surface area contributed by atoms with Crippen molar-refractivity contribution in [1.82, 2.24) is 4.90 Å². The van der Waals surface area contributed by atoms with Gasteiger partial charge in [0.25, 0.3) is 0 Å². The summed E-state index contributed by atoms with van der Waals surface area (Å²) in [6.07, 6.45) is 3.84. The molecule has 1 saturated carbocycles. The summed E-state index contributed by atoms with van der Waals surface area (Å²) in [7, 11) is 1.39. The van der Waals surface area contributed by atoms with Crippen LogP contribution in [-0.4, -0.2) is 37.0 Å². The van der Waals surface area contributed by atoms with Crippen molar-refractivity contribution in [3.8, 4) is 0 Å². The van der Waals surface area contributed by atoms with Crippen molar-refractivity contribution < 1.29 is 14.3 Å². The predicted octanol–water partition coefficient (Wildman–Crippen LogP) is 0.808. The van der Waals surface area contributed by atoms with Crippen molar-refractivity contribution in [2.45, 2.75) is 25.7 Å². The first-order valence-electron chi connectivity index (χ1n) is 5.60. The predicted molar refractivity (Wildman–Crippen MR) is 54.0 cm³/mol. The van der Waals surface area contributed by atoms with Gasteiger partial charge in [-0.1, -0.05) is 0 Å². The zero-order valence-corrected chi connectivity index (χ0v) is 9.07. The summed E-state index contributed by atoms with van der Waals surface area (Å²) < 4.78 is 4.69. The van der Waals surface area contributed by atoms with Crippen LogP contribution in [0, 0.1) is 11.8 Å². The first-order valence-corrected chi connectivity index (χ1v) is 5.60. The van der Waals surface area contributed by atoms with E-state index in [4.69, 9.17) is 0 Å². The van der Waals surface area contributed by atoms with Crippen molar-refractivity contribution in [3.05, 3.63) is 0 Å². The zero-order valence-electron chi connectivity index (χ0n) is 9.07. The van der Waals surface area contributed by atoms with Gasteiger partial charge < -0.3 is 9.64 Å². The first-order chi connectivity index (χ1) is 7.24. The summed E-state index contributed by atoms with van der Waals surface area (Å²) in [5.41, 5.74) is 0. The van der Waals surface area contributed by atoms with Crippen LogP contribution < -0.4 is 0 Å². The maximum absolute atomic E-state index is 12.0. The summed E-state index contributed by atoms with van der Waals surface area (Å²) >= 11 is 0. The van der Waals surface area contributed by atoms with Crippen LogP contribution in [0.4, 0.5) is 0 Å². The Balaban J connectivity index is 1.93. The molecule has 0 radical (unpaired) electrons. The lowest BCUT2D eigenvalue weighted by Gasteiger charge is -2.35. The van der Waals surface area contributed by atoms with Gasteiger partial charge in [-0.05, 0) is 25.7 Å². The Morgan fingerprint density at radius 1 is 1.13 bits per heavy atom. The molecule has 0 aromatic heterocycles. The minimum atomic E-state index is -0.223. The van der Waals surface area contributed by atoms with Gasteiger partial charge >= 0.3 is 5.97 Å². The standard InChI is InChI=1S/C11H17NO3/c1-15-11(14)9-5-4-8(9)10(13)12-6-2-3-7-12/h8-9H,2-7H2,1H3/t8-,9-/m1/s1. The number of ether oxygens (including phenoxy) is 1. The van der Waals surface area contributed by atoms with Crippen molar-refractivity contribution in [2.75, 3.05) is 20.2 Å². The van der Waals surface area contributed by atoms with Gasteiger partial charge in [-0.2, -0.15) is 0 Å². The van der Waals surface area contributed by atoms with Crippen LogP contribution in [0.5, 0.6) is 0 Å². The number of esters is 1. The molecule has 4 nitrogen and oxygen atoms in total. The quantitative estimate of drug-likeness (QED) is 0.635. The van der Waals surface area contributed by atoms with Gasteiger partial charge in [0, 0.05) is 13.1 Å². The smallest absolute Gasteiger partial charge is 0.309 e. The molecule has 15 heavy (non-hydrogen) atoms. The molecule has 0 aromatic carbocycles. The van der Waals surface area contributed by atoms with Gasteiger partial charge in [-0.25, -0.2) is 0 Å². The van der Waals surface area contributed by atoms with Crippen LogP contribution in [0.25, 0.3) is 0 Å². The van der Waals surface area contributed by atoms with E-state index < -0.39 is 0 Å². The minimum absolute atomic E-state index is 0.101. The molecule has 84 valence electrons. The normalized spacial score (nSPS) is 29.8. The fourth-order valence-corrected chi connectivity index (χ4v) is 2.40. The Kier molecular flexibility index (Phi) is 2.93. The Bertz CT molecular complexity index is 271. The number of carbonyl (C=O) groups is 2. The molecule has 1 amide bonds. The van der Waals surface area contributed by atoms with E-state index in [-0.39, 0.29) is 23.7 Å². The lowest BCUT2D eigenvalue weighted by Crippen LogP contribution is -2.45. The highest BCUT2D eigenvalue weighted by molar-refractivity contribution is 5.87. The number of methoxy groups -OCH3 is 1. The Morgan fingerprint density at radius 2 is 1.73 bits per heavy atom. The van der Waals surface area contributed by atoms with E-state index in [1.807, 2.05) is 4.90 Å². The van der Waals surface area contributed by atoms with Crippen molar-refractivity contribution >= 4 is 11.9 Å². The molecule has 2 atom stereocenters. The van der Waals surface area contributed by atoms with Gasteiger partial charge in [0.1, 0.15) is 0 Å². The average molecular weight is 211 g/mol. The van der Waals surface area contributed by atoms with Crippen molar-refractivity contribution in [1.29, 1.82) is 0 Å². The molecule has 4 heteroatoms. The highest BCUT2D eigenvalue weighted by atomic mass is 16.5. The third kappa shape index (κ3) is 1.85. The van der Waals surface area contributed by atoms with Crippen LogP contribution >= 0.6 is 0 Å². The van der Waals surface area contributed by atoms with Crippen LogP contribution in [-0.2, 0) is 14.3 Å². The largest absolute Gasteiger partial charge is 0.469 e. The highest BCUT2D eigenvalue weighted by Crippen LogP contribution is 2.37. The molecule has 1 saturated heterocycles. The number of amides is 1. The molecule has 2 aliphatic rings. The molecule has 1 aliphatic heterocycles. The maximum Gasteiger partial charge on any atom is 0.309 e. The third-order valence-electron chi connectivity index (χ3n) is 3.51. The Hall–Kier alpha value is -1.06. The van der Waals surface area contributed by atoms with Gasteiger partial charge in [0.2, 0.25) is 5.91 Å². The molecule has 1 heterocycles. The SMILES string of the molecule is COC(=O)[C@@H]1CC[C@H]1C(=O)N1CCCC1. The summed E-state index contributed by atoms with van der Waals surface area (Å²) in [5, 5.41) is 0.